The van der Waals surface area contributed by atoms with Crippen LogP contribution in [0, 0.1) is 0 Å². The third kappa shape index (κ3) is 3.57. The summed E-state index contributed by atoms with van der Waals surface area (Å²) in [6.45, 7) is 8.19. The third-order valence-electron chi connectivity index (χ3n) is 5.99. The summed E-state index contributed by atoms with van der Waals surface area (Å²) >= 11 is 0. The number of aromatic hydroxyl groups is 1. The molecule has 164 valence electrons. The average Bonchev–Trinajstić information content (AvgIpc) is 3.03. The van der Waals surface area contributed by atoms with Gasteiger partial charge in [0.15, 0.2) is 11.7 Å². The lowest BCUT2D eigenvalue weighted by molar-refractivity contribution is -0.0867. The van der Waals surface area contributed by atoms with Gasteiger partial charge in [-0.3, -0.25) is 0 Å². The lowest BCUT2D eigenvalue weighted by Crippen LogP contribution is -2.41. The first-order chi connectivity index (χ1) is 14.8. The predicted octanol–water partition coefficient (Wildman–Crippen LogP) is 5.13. The maximum Gasteiger partial charge on any atom is 0.168 e. The van der Waals surface area contributed by atoms with E-state index in [9.17, 15) is 10.2 Å². The highest BCUT2D eigenvalue weighted by Gasteiger charge is 2.54. The summed E-state index contributed by atoms with van der Waals surface area (Å²) in [4.78, 5) is 0. The molecule has 0 saturated carbocycles. The summed E-state index contributed by atoms with van der Waals surface area (Å²) in [5.41, 5.74) is 4.12. The topological polar surface area (TPSA) is 68.2 Å². The summed E-state index contributed by atoms with van der Waals surface area (Å²) in [6.07, 6.45) is 4.75. The fourth-order valence-electron chi connectivity index (χ4n) is 4.30. The molecule has 2 unspecified atom stereocenters. The van der Waals surface area contributed by atoms with Gasteiger partial charge in [0.1, 0.15) is 29.6 Å². The summed E-state index contributed by atoms with van der Waals surface area (Å²) in [5.74, 6) is 2.16. The second kappa shape index (κ2) is 7.97. The van der Waals surface area contributed by atoms with Gasteiger partial charge < -0.3 is 24.4 Å². The smallest absolute Gasteiger partial charge is 0.168 e. The van der Waals surface area contributed by atoms with Crippen molar-refractivity contribution in [3.63, 3.8) is 0 Å². The van der Waals surface area contributed by atoms with Crippen LogP contribution in [0.2, 0.25) is 0 Å². The molecule has 2 N–H and O–H groups in total. The van der Waals surface area contributed by atoms with Gasteiger partial charge in [0.05, 0.1) is 7.11 Å². The van der Waals surface area contributed by atoms with Gasteiger partial charge in [0.25, 0.3) is 0 Å². The molecule has 2 aliphatic rings. The van der Waals surface area contributed by atoms with Crippen LogP contribution in [0.4, 0.5) is 0 Å². The van der Waals surface area contributed by atoms with Crippen LogP contribution in [0.25, 0.3) is 0 Å². The maximum absolute atomic E-state index is 11.7. The van der Waals surface area contributed by atoms with Crippen molar-refractivity contribution < 1.29 is 24.4 Å². The molecule has 0 bridgehead atoms. The Bertz CT molecular complexity index is 1070. The Morgan fingerprint density at radius 1 is 1.03 bits per heavy atom. The van der Waals surface area contributed by atoms with Gasteiger partial charge in [0.2, 0.25) is 0 Å². The van der Waals surface area contributed by atoms with E-state index in [-0.39, 0.29) is 12.4 Å². The van der Waals surface area contributed by atoms with Crippen molar-refractivity contribution in [2.75, 3.05) is 13.7 Å². The van der Waals surface area contributed by atoms with Gasteiger partial charge >= 0.3 is 0 Å². The molecule has 2 aromatic rings. The molecule has 5 nitrogen and oxygen atoms in total. The molecule has 31 heavy (non-hydrogen) atoms. The van der Waals surface area contributed by atoms with Crippen LogP contribution in [0.1, 0.15) is 56.1 Å². The van der Waals surface area contributed by atoms with Gasteiger partial charge in [-0.15, -0.1) is 0 Å². The lowest BCUT2D eigenvalue weighted by atomic mass is 9.83. The molecule has 2 aliphatic heterocycles. The Labute approximate surface area is 183 Å². The maximum atomic E-state index is 11.7. The van der Waals surface area contributed by atoms with Gasteiger partial charge in [0, 0.05) is 22.3 Å². The summed E-state index contributed by atoms with van der Waals surface area (Å²) < 4.78 is 18.1. The van der Waals surface area contributed by atoms with Crippen LogP contribution in [-0.4, -0.2) is 23.9 Å². The normalized spacial score (nSPS) is 20.5. The number of phenolic OH excluding ortho intramolecular Hbond substituents is 1. The number of allylic oxidation sites excluding steroid dienone is 4. The molecular formula is C26H30O5. The van der Waals surface area contributed by atoms with Gasteiger partial charge in [-0.25, -0.2) is 0 Å². The summed E-state index contributed by atoms with van der Waals surface area (Å²) in [7, 11) is 1.64. The van der Waals surface area contributed by atoms with Crippen molar-refractivity contribution >= 4 is 0 Å². The number of rotatable bonds is 5. The van der Waals surface area contributed by atoms with Crippen molar-refractivity contribution in [1.82, 2.24) is 0 Å². The largest absolute Gasteiger partial charge is 0.508 e. The van der Waals surface area contributed by atoms with Crippen LogP contribution in [0.15, 0.2) is 47.6 Å². The molecular weight excluding hydrogens is 392 g/mol. The Hall–Kier alpha value is -2.92. The standard InChI is InChI=1S/C26H30O5/c1-15(2)6-8-17-21(27)12-10-19-23(17)30-14-26(28)20-11-13-22(29-5)18(9-7-16(3)4)24(20)31-25(19)26/h6-7,10-13,25,27-28H,8-9,14H2,1-5H3. The number of methoxy groups -OCH3 is 1. The first kappa shape index (κ1) is 21.3. The van der Waals surface area contributed by atoms with E-state index in [2.05, 4.69) is 6.08 Å². The SMILES string of the molecule is COc1ccc2c(c1CC=C(C)C)OC1c3ccc(O)c(CC=C(C)C)c3OCC21O. The summed E-state index contributed by atoms with van der Waals surface area (Å²) in [5, 5.41) is 22.1. The van der Waals surface area contributed by atoms with Crippen LogP contribution in [0.5, 0.6) is 23.0 Å². The minimum absolute atomic E-state index is 0.0529. The zero-order valence-electron chi connectivity index (χ0n) is 18.8. The zero-order valence-corrected chi connectivity index (χ0v) is 18.8. The number of phenols is 1. The Morgan fingerprint density at radius 2 is 1.71 bits per heavy atom. The lowest BCUT2D eigenvalue weighted by Gasteiger charge is -2.35. The molecule has 0 aromatic heterocycles. The molecule has 0 aliphatic carbocycles. The molecule has 4 rings (SSSR count). The highest BCUT2D eigenvalue weighted by molar-refractivity contribution is 5.61. The van der Waals surface area contributed by atoms with E-state index < -0.39 is 11.7 Å². The number of benzene rings is 2. The van der Waals surface area contributed by atoms with E-state index in [1.807, 2.05) is 45.9 Å². The minimum Gasteiger partial charge on any atom is -0.508 e. The van der Waals surface area contributed by atoms with E-state index in [1.165, 1.54) is 5.57 Å². The highest BCUT2D eigenvalue weighted by atomic mass is 16.5. The fourth-order valence-corrected chi connectivity index (χ4v) is 4.30. The van der Waals surface area contributed by atoms with Crippen LogP contribution in [0.3, 0.4) is 0 Å². The van der Waals surface area contributed by atoms with Gasteiger partial charge in [-0.1, -0.05) is 23.3 Å². The molecule has 2 aromatic carbocycles. The Morgan fingerprint density at radius 3 is 2.35 bits per heavy atom. The number of hydrogen-bond donors (Lipinski definition) is 2. The minimum atomic E-state index is -1.31. The van der Waals surface area contributed by atoms with Gasteiger partial charge in [-0.05, 0) is 64.8 Å². The van der Waals surface area contributed by atoms with Crippen molar-refractivity contribution in [1.29, 1.82) is 0 Å². The second-order valence-electron chi connectivity index (χ2n) is 8.79. The first-order valence-corrected chi connectivity index (χ1v) is 10.6. The van der Waals surface area contributed by atoms with Crippen molar-refractivity contribution in [2.45, 2.75) is 52.2 Å². The van der Waals surface area contributed by atoms with Crippen LogP contribution >= 0.6 is 0 Å². The molecule has 2 heterocycles. The van der Waals surface area contributed by atoms with Crippen molar-refractivity contribution in [2.24, 2.45) is 0 Å². The van der Waals surface area contributed by atoms with E-state index in [1.54, 1.807) is 19.2 Å². The molecule has 0 amide bonds. The van der Waals surface area contributed by atoms with Gasteiger partial charge in [-0.2, -0.15) is 0 Å². The number of hydrogen-bond acceptors (Lipinski definition) is 5. The van der Waals surface area contributed by atoms with Crippen LogP contribution in [-0.2, 0) is 18.4 Å². The molecule has 0 saturated heterocycles. The van der Waals surface area contributed by atoms with E-state index in [0.717, 1.165) is 22.4 Å². The monoisotopic (exact) mass is 422 g/mol. The first-order valence-electron chi connectivity index (χ1n) is 10.6. The second-order valence-corrected chi connectivity index (χ2v) is 8.79. The fraction of sp³-hybridized carbons (Fsp3) is 0.385. The van der Waals surface area contributed by atoms with Crippen molar-refractivity contribution in [3.8, 4) is 23.0 Å². The molecule has 0 spiro atoms. The molecule has 0 radical (unpaired) electrons. The van der Waals surface area contributed by atoms with Crippen LogP contribution < -0.4 is 14.2 Å². The molecule has 2 atom stereocenters. The van der Waals surface area contributed by atoms with E-state index >= 15 is 0 Å². The number of fused-ring (bicyclic) bond motifs is 5. The quantitative estimate of drug-likeness (QED) is 0.654. The Balaban J connectivity index is 1.82. The highest BCUT2D eigenvalue weighted by Crippen LogP contribution is 2.57. The molecule has 5 heteroatoms. The third-order valence-corrected chi connectivity index (χ3v) is 5.99. The number of ether oxygens (including phenoxy) is 3. The van der Waals surface area contributed by atoms with E-state index in [0.29, 0.717) is 35.5 Å². The predicted molar refractivity (Wildman–Crippen MR) is 120 cm³/mol. The molecule has 0 fully saturated rings. The van der Waals surface area contributed by atoms with E-state index in [4.69, 9.17) is 14.2 Å². The number of aliphatic hydroxyl groups is 1. The summed E-state index contributed by atoms with van der Waals surface area (Å²) in [6, 6.07) is 7.17. The zero-order chi connectivity index (χ0) is 22.3. The Kier molecular flexibility index (Phi) is 5.48. The van der Waals surface area contributed by atoms with Crippen molar-refractivity contribution in [3.05, 3.63) is 69.8 Å². The average molecular weight is 423 g/mol.